The smallest absolute Gasteiger partial charge is 0.333 e. The first kappa shape index (κ1) is 21.1. The fourth-order valence-corrected chi connectivity index (χ4v) is 3.44. The van der Waals surface area contributed by atoms with Crippen molar-refractivity contribution in [3.8, 4) is 22.9 Å². The van der Waals surface area contributed by atoms with Crippen molar-refractivity contribution in [3.05, 3.63) is 83.4 Å². The lowest BCUT2D eigenvalue weighted by Crippen LogP contribution is -2.09. The van der Waals surface area contributed by atoms with Gasteiger partial charge in [-0.15, -0.1) is 0 Å². The Hall–Kier alpha value is -4.13. The number of rotatable bonds is 8. The zero-order valence-electron chi connectivity index (χ0n) is 17.6. The predicted octanol–water partition coefficient (Wildman–Crippen LogP) is 4.27. The van der Waals surface area contributed by atoms with Gasteiger partial charge in [0.05, 0.1) is 35.7 Å². The molecule has 1 amide bonds. The van der Waals surface area contributed by atoms with Crippen molar-refractivity contribution >= 4 is 17.6 Å². The molecule has 0 atom stereocenters. The molecule has 32 heavy (non-hydrogen) atoms. The van der Waals surface area contributed by atoms with Crippen molar-refractivity contribution in [2.24, 2.45) is 4.99 Å². The third kappa shape index (κ3) is 4.18. The van der Waals surface area contributed by atoms with Crippen molar-refractivity contribution in [3.63, 3.8) is 0 Å². The number of hydrogen-bond acceptors (Lipinski definition) is 5. The summed E-state index contributed by atoms with van der Waals surface area (Å²) in [4.78, 5) is 31.2. The zero-order chi connectivity index (χ0) is 22.7. The molecule has 1 aromatic heterocycles. The lowest BCUT2D eigenvalue weighted by molar-refractivity contribution is -0.139. The molecule has 0 radical (unpaired) electrons. The van der Waals surface area contributed by atoms with Crippen LogP contribution < -0.4 is 4.74 Å². The van der Waals surface area contributed by atoms with Crippen LogP contribution in [0.4, 0.5) is 0 Å². The Bertz CT molecular complexity index is 1220. The first-order chi connectivity index (χ1) is 15.5. The summed E-state index contributed by atoms with van der Waals surface area (Å²) in [5, 5.41) is 10.5. The first-order valence-corrected chi connectivity index (χ1v) is 10.2. The third-order valence-corrected chi connectivity index (χ3v) is 4.95. The molecule has 7 heteroatoms. The molecule has 0 saturated carbocycles. The van der Waals surface area contributed by atoms with Gasteiger partial charge in [0.1, 0.15) is 5.75 Å². The molecule has 2 aromatic carbocycles. The van der Waals surface area contributed by atoms with Gasteiger partial charge in [-0.1, -0.05) is 49.0 Å². The Kier molecular flexibility index (Phi) is 5.89. The summed E-state index contributed by atoms with van der Waals surface area (Å²) in [5.74, 6) is -0.342. The predicted molar refractivity (Wildman–Crippen MR) is 120 cm³/mol. The van der Waals surface area contributed by atoms with Crippen LogP contribution >= 0.6 is 0 Å². The van der Waals surface area contributed by atoms with Gasteiger partial charge in [-0.3, -0.25) is 4.79 Å². The molecule has 0 bridgehead atoms. The summed E-state index contributed by atoms with van der Waals surface area (Å²) in [6, 6.07) is 16.5. The molecule has 2 heterocycles. The van der Waals surface area contributed by atoms with Gasteiger partial charge in [0, 0.05) is 23.1 Å². The Balaban J connectivity index is 1.50. The van der Waals surface area contributed by atoms with E-state index in [0.717, 1.165) is 5.56 Å². The molecule has 3 aromatic rings. The van der Waals surface area contributed by atoms with Crippen LogP contribution in [0.1, 0.15) is 34.8 Å². The number of aromatic hydroxyl groups is 1. The van der Waals surface area contributed by atoms with Gasteiger partial charge < -0.3 is 19.6 Å². The van der Waals surface area contributed by atoms with E-state index in [0.29, 0.717) is 52.4 Å². The minimum Gasteiger partial charge on any atom is -0.494 e. The Morgan fingerprint density at radius 2 is 1.81 bits per heavy atom. The topological polar surface area (TPSA) is 101 Å². The highest BCUT2D eigenvalue weighted by Crippen LogP contribution is 2.38. The average Bonchev–Trinajstić information content (AvgIpc) is 3.32. The molecule has 7 nitrogen and oxygen atoms in total. The van der Waals surface area contributed by atoms with E-state index in [4.69, 9.17) is 9.47 Å². The van der Waals surface area contributed by atoms with Gasteiger partial charge in [0.15, 0.2) is 5.88 Å². The van der Waals surface area contributed by atoms with Gasteiger partial charge in [-0.2, -0.15) is 0 Å². The third-order valence-electron chi connectivity index (χ3n) is 4.95. The number of ether oxygens (including phenoxy) is 2. The number of carbonyl (C=O) groups excluding carboxylic acids is 2. The summed E-state index contributed by atoms with van der Waals surface area (Å²) in [5.41, 5.74) is 3.47. The fraction of sp³-hybridized carbons (Fsp3) is 0.160. The lowest BCUT2D eigenvalue weighted by atomic mass is 10.0. The van der Waals surface area contributed by atoms with Crippen LogP contribution in [-0.4, -0.2) is 40.9 Å². The van der Waals surface area contributed by atoms with Crippen molar-refractivity contribution in [1.29, 1.82) is 0 Å². The molecule has 0 aliphatic carbocycles. The van der Waals surface area contributed by atoms with E-state index in [9.17, 15) is 14.7 Å². The van der Waals surface area contributed by atoms with Crippen molar-refractivity contribution in [2.45, 2.75) is 13.3 Å². The van der Waals surface area contributed by atoms with Crippen LogP contribution in [0, 0.1) is 0 Å². The number of nitrogens with zero attached hydrogens (tertiary/aromatic N) is 1. The molecule has 0 unspecified atom stereocenters. The van der Waals surface area contributed by atoms with E-state index >= 15 is 0 Å². The van der Waals surface area contributed by atoms with Gasteiger partial charge in [-0.25, -0.2) is 9.79 Å². The molecular formula is C25H22N2O5. The molecule has 0 spiro atoms. The minimum absolute atomic E-state index is 0.103. The Morgan fingerprint density at radius 1 is 1.06 bits per heavy atom. The number of aromatic amines is 1. The second-order valence-electron chi connectivity index (χ2n) is 7.38. The minimum atomic E-state index is -0.422. The summed E-state index contributed by atoms with van der Waals surface area (Å²) >= 11 is 0. The summed E-state index contributed by atoms with van der Waals surface area (Å²) < 4.78 is 10.8. The highest BCUT2D eigenvalue weighted by atomic mass is 16.5. The first-order valence-electron chi connectivity index (χ1n) is 10.2. The van der Waals surface area contributed by atoms with Crippen molar-refractivity contribution in [1.82, 2.24) is 4.98 Å². The van der Waals surface area contributed by atoms with Crippen molar-refractivity contribution < 1.29 is 24.2 Å². The number of esters is 1. The Morgan fingerprint density at radius 3 is 2.56 bits per heavy atom. The SMILES string of the molecule is C=C(C)C(=O)OCCCOc1cccc(-c2[nH]c(O)c3c2C(=O)N=C3c2ccccc2)c1. The van der Waals surface area contributed by atoms with E-state index in [1.54, 1.807) is 25.1 Å². The van der Waals surface area contributed by atoms with E-state index in [1.807, 2.05) is 36.4 Å². The molecule has 0 saturated heterocycles. The Labute approximate surface area is 185 Å². The maximum atomic E-state index is 12.7. The molecular weight excluding hydrogens is 408 g/mol. The van der Waals surface area contributed by atoms with Crippen molar-refractivity contribution in [2.75, 3.05) is 13.2 Å². The van der Waals surface area contributed by atoms with Gasteiger partial charge in [0.25, 0.3) is 5.91 Å². The van der Waals surface area contributed by atoms with Crippen LogP contribution in [0.25, 0.3) is 11.3 Å². The number of fused-ring (bicyclic) bond motifs is 1. The summed E-state index contributed by atoms with van der Waals surface area (Å²) in [7, 11) is 0. The second-order valence-corrected chi connectivity index (χ2v) is 7.38. The van der Waals surface area contributed by atoms with Crippen LogP contribution in [0.15, 0.2) is 71.7 Å². The van der Waals surface area contributed by atoms with E-state index in [2.05, 4.69) is 16.6 Å². The largest absolute Gasteiger partial charge is 0.494 e. The number of aromatic nitrogens is 1. The average molecular weight is 430 g/mol. The van der Waals surface area contributed by atoms with Gasteiger partial charge >= 0.3 is 5.97 Å². The second kappa shape index (κ2) is 8.93. The number of amides is 1. The van der Waals surface area contributed by atoms with Crippen LogP contribution in [0.2, 0.25) is 0 Å². The monoisotopic (exact) mass is 430 g/mol. The molecule has 162 valence electrons. The maximum Gasteiger partial charge on any atom is 0.333 e. The molecule has 0 fully saturated rings. The standard InChI is InChI=1S/C25H22N2O5/c1-15(2)25(30)32-13-7-12-31-18-11-6-10-17(14-18)22-20-19(23(28)27-22)21(26-24(20)29)16-8-4-3-5-9-16/h3-6,8-11,14,27-28H,1,7,12-13H2,2H3. The molecule has 4 rings (SSSR count). The van der Waals surface area contributed by atoms with E-state index in [-0.39, 0.29) is 12.5 Å². The lowest BCUT2D eigenvalue weighted by Gasteiger charge is -2.09. The highest BCUT2D eigenvalue weighted by Gasteiger charge is 2.33. The summed E-state index contributed by atoms with van der Waals surface area (Å²) in [6.07, 6.45) is 0.523. The highest BCUT2D eigenvalue weighted by molar-refractivity contribution is 6.30. The van der Waals surface area contributed by atoms with E-state index < -0.39 is 11.9 Å². The summed E-state index contributed by atoms with van der Waals surface area (Å²) in [6.45, 7) is 5.71. The van der Waals surface area contributed by atoms with E-state index in [1.165, 1.54) is 0 Å². The normalized spacial score (nSPS) is 12.3. The van der Waals surface area contributed by atoms with Gasteiger partial charge in [-0.05, 0) is 19.1 Å². The molecule has 1 aliphatic rings. The maximum absolute atomic E-state index is 12.7. The number of nitrogens with one attached hydrogen (secondary N) is 1. The molecule has 1 aliphatic heterocycles. The zero-order valence-corrected chi connectivity index (χ0v) is 17.6. The van der Waals surface area contributed by atoms with Crippen LogP contribution in [0.3, 0.4) is 0 Å². The van der Waals surface area contributed by atoms with Crippen LogP contribution in [-0.2, 0) is 9.53 Å². The number of carbonyl (C=O) groups is 2. The number of H-pyrrole nitrogens is 1. The van der Waals surface area contributed by atoms with Gasteiger partial charge in [0.2, 0.25) is 0 Å². The fourth-order valence-electron chi connectivity index (χ4n) is 3.44. The molecule has 2 N–H and O–H groups in total. The quantitative estimate of drug-likeness (QED) is 0.316. The number of hydrogen-bond donors (Lipinski definition) is 2. The number of aliphatic imine (C=N–C) groups is 1. The van der Waals surface area contributed by atoms with Crippen LogP contribution in [0.5, 0.6) is 11.6 Å². The number of benzene rings is 2.